The van der Waals surface area contributed by atoms with Gasteiger partial charge in [-0.15, -0.1) is 12.4 Å². The fourth-order valence-corrected chi connectivity index (χ4v) is 5.22. The molecule has 3 rings (SSSR count). The largest absolute Gasteiger partial charge is 0.494 e. The smallest absolute Gasteiger partial charge is 0.338 e. The minimum absolute atomic E-state index is 0. The summed E-state index contributed by atoms with van der Waals surface area (Å²) < 4.78 is 10.8. The van der Waals surface area contributed by atoms with Crippen LogP contribution in [0, 0.1) is 0 Å². The number of aliphatic carboxylic acids is 1. The van der Waals surface area contributed by atoms with Gasteiger partial charge in [0.25, 0.3) is 0 Å². The van der Waals surface area contributed by atoms with Crippen LogP contribution in [0.25, 0.3) is 0 Å². The number of rotatable bonds is 17. The van der Waals surface area contributed by atoms with Crippen LogP contribution in [0.3, 0.4) is 0 Å². The molecule has 1 aliphatic heterocycles. The van der Waals surface area contributed by atoms with Crippen LogP contribution in [0.4, 0.5) is 0 Å². The quantitative estimate of drug-likeness (QED) is 0.145. The second-order valence-electron chi connectivity index (χ2n) is 11.6. The zero-order valence-electron chi connectivity index (χ0n) is 27.2. The van der Waals surface area contributed by atoms with E-state index < -0.39 is 53.3 Å². The number of carboxylic acid groups (broad SMARTS) is 1. The van der Waals surface area contributed by atoms with Gasteiger partial charge in [0.05, 0.1) is 24.8 Å². The molecule has 1 heterocycles. The molecule has 1 aliphatic rings. The standard InChI is InChI=1S/C34H46N4O8.ClH/c1-4-34(3,37-29(39)26(35)14-9-10-21-46-32(43)24-12-7-6-8-13-24)33(44)36-27(22-23-16-18-25(19-17-23)45-5-2)30(40)38-20-11-15-28(38)31(41)42;/h6-8,12-13,16-19,26-28H,4-5,9-11,14-15,20-22,35H2,1-3H3,(H,36,44)(H,37,39)(H,41,42);1H/t26-,27-,28+,34-;/m0./s1. The maximum Gasteiger partial charge on any atom is 0.338 e. The molecule has 2 aromatic carbocycles. The first kappa shape index (κ1) is 39.0. The number of halogens is 1. The van der Waals surface area contributed by atoms with Crippen LogP contribution >= 0.6 is 12.4 Å². The number of carboxylic acids is 1. The fourth-order valence-electron chi connectivity index (χ4n) is 5.22. The number of ether oxygens (including phenoxy) is 2. The maximum atomic E-state index is 13.7. The second kappa shape index (κ2) is 18.9. The lowest BCUT2D eigenvalue weighted by Gasteiger charge is -2.33. The van der Waals surface area contributed by atoms with Crippen molar-refractivity contribution in [1.82, 2.24) is 15.5 Å². The molecule has 47 heavy (non-hydrogen) atoms. The molecule has 0 aromatic heterocycles. The molecular formula is C34H47ClN4O8. The van der Waals surface area contributed by atoms with Crippen molar-refractivity contribution in [2.75, 3.05) is 19.8 Å². The number of amides is 3. The van der Waals surface area contributed by atoms with Crippen LogP contribution < -0.4 is 21.1 Å². The number of benzene rings is 2. The Morgan fingerprint density at radius 1 is 1.04 bits per heavy atom. The van der Waals surface area contributed by atoms with E-state index in [-0.39, 0.29) is 38.4 Å². The fraction of sp³-hybridized carbons (Fsp3) is 0.500. The summed E-state index contributed by atoms with van der Waals surface area (Å²) in [6.07, 6.45) is 2.53. The first-order valence-electron chi connectivity index (χ1n) is 15.8. The van der Waals surface area contributed by atoms with Crippen molar-refractivity contribution in [3.05, 3.63) is 65.7 Å². The van der Waals surface area contributed by atoms with Crippen LogP contribution in [-0.4, -0.2) is 83.1 Å². The summed E-state index contributed by atoms with van der Waals surface area (Å²) in [5, 5.41) is 15.2. The SMILES string of the molecule is CCOc1ccc(C[C@H](NC(=O)[C@](C)(CC)NC(=O)[C@@H](N)CCCCOC(=O)c2ccccc2)C(=O)N2CCC[C@@H]2C(=O)O)cc1.Cl. The van der Waals surface area contributed by atoms with Crippen LogP contribution in [0.15, 0.2) is 54.6 Å². The van der Waals surface area contributed by atoms with E-state index >= 15 is 0 Å². The molecule has 5 N–H and O–H groups in total. The summed E-state index contributed by atoms with van der Waals surface area (Å²) in [7, 11) is 0. The number of nitrogens with zero attached hydrogens (tertiary/aromatic N) is 1. The van der Waals surface area contributed by atoms with Crippen molar-refractivity contribution < 1.29 is 38.6 Å². The zero-order chi connectivity index (χ0) is 33.7. The predicted octanol–water partition coefficient (Wildman–Crippen LogP) is 3.25. The zero-order valence-corrected chi connectivity index (χ0v) is 28.1. The lowest BCUT2D eigenvalue weighted by molar-refractivity contribution is -0.149. The van der Waals surface area contributed by atoms with E-state index in [2.05, 4.69) is 10.6 Å². The molecule has 0 aliphatic carbocycles. The second-order valence-corrected chi connectivity index (χ2v) is 11.6. The molecule has 1 saturated heterocycles. The van der Waals surface area contributed by atoms with Gasteiger partial charge in [-0.2, -0.15) is 0 Å². The first-order valence-corrected chi connectivity index (χ1v) is 15.8. The Bertz CT molecular complexity index is 1340. The number of likely N-dealkylation sites (tertiary alicyclic amines) is 1. The predicted molar refractivity (Wildman–Crippen MR) is 178 cm³/mol. The average molecular weight is 675 g/mol. The lowest BCUT2D eigenvalue weighted by Crippen LogP contribution is -2.63. The highest BCUT2D eigenvalue weighted by molar-refractivity contribution is 5.96. The minimum Gasteiger partial charge on any atom is -0.494 e. The van der Waals surface area contributed by atoms with Gasteiger partial charge in [0.2, 0.25) is 17.7 Å². The molecule has 1 fully saturated rings. The van der Waals surface area contributed by atoms with E-state index in [1.807, 2.05) is 13.0 Å². The van der Waals surface area contributed by atoms with Crippen molar-refractivity contribution in [2.45, 2.75) is 89.4 Å². The number of hydrogen-bond acceptors (Lipinski definition) is 8. The third-order valence-corrected chi connectivity index (χ3v) is 8.19. The molecule has 0 saturated carbocycles. The number of carbonyl (C=O) groups excluding carboxylic acids is 4. The normalized spacial score (nSPS) is 16.5. The number of hydrogen-bond donors (Lipinski definition) is 4. The summed E-state index contributed by atoms with van der Waals surface area (Å²) in [6, 6.07) is 12.8. The Kier molecular flexibility index (Phi) is 15.7. The molecule has 3 amide bonds. The van der Waals surface area contributed by atoms with Gasteiger partial charge in [-0.25, -0.2) is 9.59 Å². The van der Waals surface area contributed by atoms with Crippen LogP contribution in [0.5, 0.6) is 5.75 Å². The maximum absolute atomic E-state index is 13.7. The van der Waals surface area contributed by atoms with E-state index in [1.54, 1.807) is 62.4 Å². The van der Waals surface area contributed by atoms with Gasteiger partial charge in [0.15, 0.2) is 0 Å². The molecule has 2 aromatic rings. The van der Waals surface area contributed by atoms with Crippen molar-refractivity contribution in [1.29, 1.82) is 0 Å². The molecule has 12 nitrogen and oxygen atoms in total. The molecule has 258 valence electrons. The Morgan fingerprint density at radius 2 is 1.72 bits per heavy atom. The number of esters is 1. The van der Waals surface area contributed by atoms with Gasteiger partial charge >= 0.3 is 11.9 Å². The highest BCUT2D eigenvalue weighted by atomic mass is 35.5. The summed E-state index contributed by atoms with van der Waals surface area (Å²) in [5.74, 6) is -2.46. The molecule has 4 atom stereocenters. The molecule has 0 radical (unpaired) electrons. The van der Waals surface area contributed by atoms with Crippen LogP contribution in [0.1, 0.15) is 75.2 Å². The monoisotopic (exact) mass is 674 g/mol. The minimum atomic E-state index is -1.39. The van der Waals surface area contributed by atoms with Gasteiger partial charge in [0.1, 0.15) is 23.4 Å². The van der Waals surface area contributed by atoms with Crippen LogP contribution in [0.2, 0.25) is 0 Å². The molecule has 0 unspecified atom stereocenters. The highest BCUT2D eigenvalue weighted by Gasteiger charge is 2.41. The third kappa shape index (κ3) is 11.2. The van der Waals surface area contributed by atoms with Crippen LogP contribution in [-0.2, 0) is 30.3 Å². The summed E-state index contributed by atoms with van der Waals surface area (Å²) in [5.41, 5.74) is 5.95. The summed E-state index contributed by atoms with van der Waals surface area (Å²) in [4.78, 5) is 65.6. The van der Waals surface area contributed by atoms with Gasteiger partial charge in [-0.3, -0.25) is 14.4 Å². The number of nitrogens with one attached hydrogen (secondary N) is 2. The summed E-state index contributed by atoms with van der Waals surface area (Å²) >= 11 is 0. The topological polar surface area (TPSA) is 177 Å². The molecule has 0 bridgehead atoms. The number of unbranched alkanes of at least 4 members (excludes halogenated alkanes) is 1. The van der Waals surface area contributed by atoms with E-state index in [1.165, 1.54) is 4.90 Å². The lowest BCUT2D eigenvalue weighted by atomic mass is 9.95. The van der Waals surface area contributed by atoms with Gasteiger partial charge in [-0.05, 0) is 82.2 Å². The Labute approximate surface area is 282 Å². The van der Waals surface area contributed by atoms with Gasteiger partial charge < -0.3 is 35.8 Å². The van der Waals surface area contributed by atoms with E-state index in [4.69, 9.17) is 15.2 Å². The Hall–Kier alpha value is -4.16. The molecule has 0 spiro atoms. The highest BCUT2D eigenvalue weighted by Crippen LogP contribution is 2.21. The average Bonchev–Trinajstić information content (AvgIpc) is 3.55. The van der Waals surface area contributed by atoms with E-state index in [0.29, 0.717) is 50.0 Å². The first-order chi connectivity index (χ1) is 22.0. The van der Waals surface area contributed by atoms with Crippen molar-refractivity contribution in [2.24, 2.45) is 5.73 Å². The third-order valence-electron chi connectivity index (χ3n) is 8.19. The molecule has 13 heteroatoms. The van der Waals surface area contributed by atoms with E-state index in [0.717, 1.165) is 5.56 Å². The van der Waals surface area contributed by atoms with Crippen molar-refractivity contribution in [3.8, 4) is 5.75 Å². The molecular weight excluding hydrogens is 628 g/mol. The Balaban J connectivity index is 0.00000768. The van der Waals surface area contributed by atoms with Gasteiger partial charge in [0, 0.05) is 13.0 Å². The van der Waals surface area contributed by atoms with Gasteiger partial charge in [-0.1, -0.05) is 37.3 Å². The number of carbonyl (C=O) groups is 5. The van der Waals surface area contributed by atoms with Crippen molar-refractivity contribution >= 4 is 42.1 Å². The van der Waals surface area contributed by atoms with Crippen molar-refractivity contribution in [3.63, 3.8) is 0 Å². The Morgan fingerprint density at radius 3 is 2.34 bits per heavy atom. The summed E-state index contributed by atoms with van der Waals surface area (Å²) in [6.45, 7) is 6.11. The van der Waals surface area contributed by atoms with E-state index in [9.17, 15) is 29.1 Å². The number of nitrogens with two attached hydrogens (primary N) is 1.